The van der Waals surface area contributed by atoms with Gasteiger partial charge in [0.25, 0.3) is 0 Å². The Morgan fingerprint density at radius 2 is 2.11 bits per heavy atom. The summed E-state index contributed by atoms with van der Waals surface area (Å²) in [6, 6.07) is 1.95. The van der Waals surface area contributed by atoms with Gasteiger partial charge in [0.1, 0.15) is 11.4 Å². The fraction of sp³-hybridized carbons (Fsp3) is 0.500. The first kappa shape index (κ1) is 13.5. The van der Waals surface area contributed by atoms with Crippen molar-refractivity contribution >= 4 is 33.2 Å². The molecule has 0 bridgehead atoms. The summed E-state index contributed by atoms with van der Waals surface area (Å²) in [5, 5.41) is 3.10. The Morgan fingerprint density at radius 3 is 2.78 bits per heavy atom. The van der Waals surface area contributed by atoms with Gasteiger partial charge in [-0.2, -0.15) is 4.98 Å². The summed E-state index contributed by atoms with van der Waals surface area (Å²) in [4.78, 5) is 11.3. The van der Waals surface area contributed by atoms with E-state index in [0.717, 1.165) is 10.2 Å². The summed E-state index contributed by atoms with van der Waals surface area (Å²) in [7, 11) is 4.05. The lowest BCUT2D eigenvalue weighted by Gasteiger charge is -2.31. The van der Waals surface area contributed by atoms with E-state index in [0.29, 0.717) is 12.5 Å². The van der Waals surface area contributed by atoms with Crippen molar-refractivity contribution in [3.8, 4) is 5.88 Å². The van der Waals surface area contributed by atoms with Crippen LogP contribution in [0, 0.1) is 0 Å². The number of aromatic nitrogens is 2. The molecule has 0 N–H and O–H groups in total. The number of ether oxygens (including phenoxy) is 1. The average molecular weight is 286 g/mol. The number of halogens is 1. The van der Waals surface area contributed by atoms with Crippen LogP contribution < -0.4 is 4.74 Å². The van der Waals surface area contributed by atoms with Crippen LogP contribution in [0.3, 0.4) is 0 Å². The highest BCUT2D eigenvalue weighted by atomic mass is 35.5. The van der Waals surface area contributed by atoms with E-state index >= 15 is 0 Å². The van der Waals surface area contributed by atoms with Crippen molar-refractivity contribution < 1.29 is 4.74 Å². The summed E-state index contributed by atoms with van der Waals surface area (Å²) in [6.45, 7) is 4.76. The van der Waals surface area contributed by atoms with Gasteiger partial charge in [0.2, 0.25) is 11.2 Å². The summed E-state index contributed by atoms with van der Waals surface area (Å²) in [6.07, 6.45) is 0. The second-order valence-electron chi connectivity index (χ2n) is 4.93. The maximum Gasteiger partial charge on any atom is 0.227 e. The van der Waals surface area contributed by atoms with Crippen LogP contribution in [0.5, 0.6) is 5.88 Å². The molecular formula is C12H16ClN3OS. The molecule has 0 atom stereocenters. The number of hydrogen-bond acceptors (Lipinski definition) is 5. The van der Waals surface area contributed by atoms with Crippen molar-refractivity contribution in [1.29, 1.82) is 0 Å². The number of fused-ring (bicyclic) bond motifs is 1. The molecule has 2 aromatic heterocycles. The molecule has 0 fully saturated rings. The van der Waals surface area contributed by atoms with Gasteiger partial charge in [-0.1, -0.05) is 0 Å². The Bertz CT molecular complexity index is 553. The molecule has 0 aromatic carbocycles. The molecule has 0 unspecified atom stereocenters. The van der Waals surface area contributed by atoms with Crippen molar-refractivity contribution in [1.82, 2.24) is 14.9 Å². The molecule has 18 heavy (non-hydrogen) atoms. The third kappa shape index (κ3) is 2.74. The Labute approximate surface area is 116 Å². The van der Waals surface area contributed by atoms with E-state index in [1.165, 1.54) is 11.3 Å². The minimum Gasteiger partial charge on any atom is -0.475 e. The first-order chi connectivity index (χ1) is 8.40. The fourth-order valence-electron chi connectivity index (χ4n) is 1.29. The molecule has 0 saturated carbocycles. The molecule has 98 valence electrons. The summed E-state index contributed by atoms with van der Waals surface area (Å²) in [5.74, 6) is 0.557. The second kappa shape index (κ2) is 4.99. The summed E-state index contributed by atoms with van der Waals surface area (Å²) >= 11 is 7.42. The number of nitrogens with zero attached hydrogens (tertiary/aromatic N) is 3. The molecule has 6 heteroatoms. The van der Waals surface area contributed by atoms with Crippen LogP contribution in [0.4, 0.5) is 0 Å². The van der Waals surface area contributed by atoms with Crippen LogP contribution in [0.25, 0.3) is 10.2 Å². The third-order valence-electron chi connectivity index (χ3n) is 3.04. The van der Waals surface area contributed by atoms with Gasteiger partial charge in [-0.05, 0) is 51.0 Å². The Morgan fingerprint density at radius 1 is 1.39 bits per heavy atom. The third-order valence-corrected chi connectivity index (χ3v) is 4.01. The van der Waals surface area contributed by atoms with E-state index in [4.69, 9.17) is 16.3 Å². The van der Waals surface area contributed by atoms with Crippen LogP contribution in [0.1, 0.15) is 13.8 Å². The van der Waals surface area contributed by atoms with Gasteiger partial charge >= 0.3 is 0 Å². The maximum atomic E-state index is 5.89. The largest absolute Gasteiger partial charge is 0.475 e. The molecule has 0 radical (unpaired) electrons. The fourth-order valence-corrected chi connectivity index (χ4v) is 2.25. The van der Waals surface area contributed by atoms with Crippen LogP contribution in [-0.4, -0.2) is 41.1 Å². The van der Waals surface area contributed by atoms with E-state index in [1.54, 1.807) is 0 Å². The van der Waals surface area contributed by atoms with Crippen molar-refractivity contribution in [2.75, 3.05) is 20.7 Å². The van der Waals surface area contributed by atoms with Crippen molar-refractivity contribution in [3.63, 3.8) is 0 Å². The number of rotatable bonds is 4. The zero-order valence-electron chi connectivity index (χ0n) is 10.9. The monoisotopic (exact) mass is 285 g/mol. The number of hydrogen-bond donors (Lipinski definition) is 0. The van der Waals surface area contributed by atoms with Crippen LogP contribution >= 0.6 is 22.9 Å². The molecule has 2 aromatic rings. The zero-order valence-corrected chi connectivity index (χ0v) is 12.5. The Balaban J connectivity index is 2.24. The summed E-state index contributed by atoms with van der Waals surface area (Å²) < 4.78 is 5.81. The van der Waals surface area contributed by atoms with E-state index in [2.05, 4.69) is 28.7 Å². The minimum atomic E-state index is -0.0697. The van der Waals surface area contributed by atoms with E-state index in [1.807, 2.05) is 25.5 Å². The van der Waals surface area contributed by atoms with Gasteiger partial charge in [0.05, 0.1) is 5.39 Å². The Hall–Kier alpha value is -0.910. The van der Waals surface area contributed by atoms with Gasteiger partial charge in [-0.15, -0.1) is 11.3 Å². The molecule has 0 amide bonds. The normalized spacial score (nSPS) is 12.3. The highest BCUT2D eigenvalue weighted by molar-refractivity contribution is 7.16. The van der Waals surface area contributed by atoms with Crippen molar-refractivity contribution in [3.05, 3.63) is 16.7 Å². The maximum absolute atomic E-state index is 5.89. The lowest BCUT2D eigenvalue weighted by Crippen LogP contribution is -2.43. The molecule has 2 rings (SSSR count). The van der Waals surface area contributed by atoms with Crippen LogP contribution in [-0.2, 0) is 0 Å². The lowest BCUT2D eigenvalue weighted by atomic mass is 10.1. The van der Waals surface area contributed by atoms with Gasteiger partial charge in [-0.3, -0.25) is 0 Å². The standard InChI is InChI=1S/C12H16ClN3OS/c1-12(2,16(3)4)7-17-9-8-5-6-18-10(8)15-11(13)14-9/h5-6H,7H2,1-4H3. The topological polar surface area (TPSA) is 38.2 Å². The average Bonchev–Trinajstić information content (AvgIpc) is 2.73. The van der Waals surface area contributed by atoms with Gasteiger partial charge in [0, 0.05) is 5.54 Å². The predicted octanol–water partition coefficient (Wildman–Crippen LogP) is 3.06. The zero-order chi connectivity index (χ0) is 13.3. The first-order valence-corrected chi connectivity index (χ1v) is 6.87. The Kier molecular flexibility index (Phi) is 3.75. The van der Waals surface area contributed by atoms with Gasteiger partial charge in [0.15, 0.2) is 0 Å². The molecule has 0 aliphatic heterocycles. The molecule has 0 saturated heterocycles. The quantitative estimate of drug-likeness (QED) is 0.809. The van der Waals surface area contributed by atoms with Crippen LogP contribution in [0.2, 0.25) is 5.28 Å². The minimum absolute atomic E-state index is 0.0697. The second-order valence-corrected chi connectivity index (χ2v) is 6.17. The summed E-state index contributed by atoms with van der Waals surface area (Å²) in [5.41, 5.74) is -0.0697. The highest BCUT2D eigenvalue weighted by Crippen LogP contribution is 2.28. The smallest absolute Gasteiger partial charge is 0.227 e. The number of likely N-dealkylation sites (N-methyl/N-ethyl adjacent to an activating group) is 1. The SMILES string of the molecule is CN(C)C(C)(C)COc1nc(Cl)nc2sccc12. The lowest BCUT2D eigenvalue weighted by molar-refractivity contribution is 0.112. The van der Waals surface area contributed by atoms with Gasteiger partial charge < -0.3 is 9.64 Å². The van der Waals surface area contributed by atoms with Crippen molar-refractivity contribution in [2.24, 2.45) is 0 Å². The molecule has 0 spiro atoms. The molecular weight excluding hydrogens is 270 g/mol. The van der Waals surface area contributed by atoms with E-state index in [9.17, 15) is 0 Å². The van der Waals surface area contributed by atoms with Crippen LogP contribution in [0.15, 0.2) is 11.4 Å². The predicted molar refractivity (Wildman–Crippen MR) is 75.7 cm³/mol. The van der Waals surface area contributed by atoms with E-state index < -0.39 is 0 Å². The first-order valence-electron chi connectivity index (χ1n) is 5.61. The molecule has 2 heterocycles. The highest BCUT2D eigenvalue weighted by Gasteiger charge is 2.22. The molecule has 0 aliphatic carbocycles. The molecule has 4 nitrogen and oxygen atoms in total. The number of thiophene rings is 1. The van der Waals surface area contributed by atoms with Crippen molar-refractivity contribution in [2.45, 2.75) is 19.4 Å². The van der Waals surface area contributed by atoms with Gasteiger partial charge in [-0.25, -0.2) is 4.98 Å². The van der Waals surface area contributed by atoms with E-state index in [-0.39, 0.29) is 10.8 Å². The molecule has 0 aliphatic rings.